The van der Waals surface area contributed by atoms with Crippen molar-refractivity contribution in [3.63, 3.8) is 0 Å². The summed E-state index contributed by atoms with van der Waals surface area (Å²) in [5, 5.41) is 3.80. The van der Waals surface area contributed by atoms with Crippen LogP contribution < -0.4 is 10.6 Å². The molecule has 2 heteroatoms. The van der Waals surface area contributed by atoms with Crippen molar-refractivity contribution >= 4 is 39.0 Å². The summed E-state index contributed by atoms with van der Waals surface area (Å²) in [7, 11) is 0. The largest absolute Gasteiger partial charge is 0.355 e. The van der Waals surface area contributed by atoms with Crippen LogP contribution in [0.3, 0.4) is 0 Å². The maximum Gasteiger partial charge on any atom is 0.0465 e. The Hall–Kier alpha value is -1.28. The van der Waals surface area contributed by atoms with Gasteiger partial charge < -0.3 is 4.98 Å². The van der Waals surface area contributed by atoms with Crippen molar-refractivity contribution in [2.24, 2.45) is 5.92 Å². The summed E-state index contributed by atoms with van der Waals surface area (Å²) in [6, 6.07) is 6.36. The molecule has 1 aliphatic rings. The van der Waals surface area contributed by atoms with Gasteiger partial charge in [0.25, 0.3) is 0 Å². The molecule has 0 spiro atoms. The molecular formula is C14H12BrN. The van der Waals surface area contributed by atoms with Crippen LogP contribution in [0, 0.1) is 5.92 Å². The van der Waals surface area contributed by atoms with Gasteiger partial charge in [0.2, 0.25) is 0 Å². The van der Waals surface area contributed by atoms with E-state index in [0.717, 1.165) is 4.47 Å². The summed E-state index contributed by atoms with van der Waals surface area (Å²) in [5.41, 5.74) is 1.20. The van der Waals surface area contributed by atoms with E-state index in [4.69, 9.17) is 0 Å². The minimum atomic E-state index is 0.482. The molecule has 16 heavy (non-hydrogen) atoms. The lowest BCUT2D eigenvalue weighted by molar-refractivity contribution is 0.999. The number of nitrogens with one attached hydrogen (secondary N) is 1. The van der Waals surface area contributed by atoms with Crippen molar-refractivity contribution in [2.45, 2.75) is 6.92 Å². The zero-order valence-electron chi connectivity index (χ0n) is 9.00. The Balaban J connectivity index is 2.50. The van der Waals surface area contributed by atoms with Gasteiger partial charge >= 0.3 is 0 Å². The van der Waals surface area contributed by atoms with Crippen molar-refractivity contribution in [3.8, 4) is 0 Å². The van der Waals surface area contributed by atoms with Crippen molar-refractivity contribution in [1.29, 1.82) is 0 Å². The third-order valence-corrected chi connectivity index (χ3v) is 3.43. The Morgan fingerprint density at radius 1 is 1.31 bits per heavy atom. The lowest BCUT2D eigenvalue weighted by atomic mass is 10.1. The zero-order chi connectivity index (χ0) is 11.1. The van der Waals surface area contributed by atoms with Crippen LogP contribution in [0.15, 0.2) is 34.8 Å². The minimum Gasteiger partial charge on any atom is -0.355 e. The van der Waals surface area contributed by atoms with E-state index in [1.165, 1.54) is 21.5 Å². The van der Waals surface area contributed by atoms with E-state index >= 15 is 0 Å². The maximum atomic E-state index is 3.53. The fraction of sp³-hybridized carbons (Fsp3) is 0.143. The van der Waals surface area contributed by atoms with Crippen LogP contribution in [-0.4, -0.2) is 4.98 Å². The molecule has 0 aliphatic heterocycles. The van der Waals surface area contributed by atoms with Crippen LogP contribution in [0.5, 0.6) is 0 Å². The van der Waals surface area contributed by atoms with E-state index in [1.807, 2.05) is 0 Å². The molecule has 0 amide bonds. The summed E-state index contributed by atoms with van der Waals surface area (Å²) >= 11 is 3.53. The Bertz CT molecular complexity index is 691. The van der Waals surface area contributed by atoms with Gasteiger partial charge in [-0.1, -0.05) is 41.1 Å². The minimum absolute atomic E-state index is 0.482. The van der Waals surface area contributed by atoms with E-state index < -0.39 is 0 Å². The first-order chi connectivity index (χ1) is 7.74. The Morgan fingerprint density at radius 3 is 3.06 bits per heavy atom. The van der Waals surface area contributed by atoms with Gasteiger partial charge in [0.15, 0.2) is 0 Å². The summed E-state index contributed by atoms with van der Waals surface area (Å²) in [6.07, 6.45) is 8.78. The number of allylic oxidation sites excluding steroid dienone is 2. The fourth-order valence-electron chi connectivity index (χ4n) is 2.16. The van der Waals surface area contributed by atoms with Gasteiger partial charge in [-0.15, -0.1) is 0 Å². The van der Waals surface area contributed by atoms with Crippen LogP contribution in [-0.2, 0) is 0 Å². The number of fused-ring (bicyclic) bond motifs is 3. The predicted octanol–water partition coefficient (Wildman–Crippen LogP) is 2.70. The van der Waals surface area contributed by atoms with E-state index in [-0.39, 0.29) is 0 Å². The van der Waals surface area contributed by atoms with E-state index in [2.05, 4.69) is 70.3 Å². The summed E-state index contributed by atoms with van der Waals surface area (Å²) in [6.45, 7) is 2.20. The molecule has 2 aromatic rings. The molecule has 80 valence electrons. The summed E-state index contributed by atoms with van der Waals surface area (Å²) in [5.74, 6) is 0.482. The molecule has 1 atom stereocenters. The summed E-state index contributed by atoms with van der Waals surface area (Å²) < 4.78 is 1.13. The van der Waals surface area contributed by atoms with E-state index in [9.17, 15) is 0 Å². The lowest BCUT2D eigenvalue weighted by Gasteiger charge is -1.95. The van der Waals surface area contributed by atoms with Crippen molar-refractivity contribution in [2.75, 3.05) is 0 Å². The van der Waals surface area contributed by atoms with Crippen LogP contribution in [0.4, 0.5) is 0 Å². The summed E-state index contributed by atoms with van der Waals surface area (Å²) in [4.78, 5) is 3.44. The molecule has 0 fully saturated rings. The van der Waals surface area contributed by atoms with Gasteiger partial charge in [-0.05, 0) is 30.2 Å². The van der Waals surface area contributed by atoms with Gasteiger partial charge in [-0.25, -0.2) is 0 Å². The Kier molecular flexibility index (Phi) is 2.25. The van der Waals surface area contributed by atoms with Crippen molar-refractivity contribution in [1.82, 2.24) is 4.98 Å². The number of rotatable bonds is 0. The number of hydrogen-bond donors (Lipinski definition) is 1. The molecule has 1 heterocycles. The first-order valence-corrected chi connectivity index (χ1v) is 6.21. The van der Waals surface area contributed by atoms with E-state index in [1.54, 1.807) is 0 Å². The Morgan fingerprint density at radius 2 is 2.19 bits per heavy atom. The van der Waals surface area contributed by atoms with Crippen LogP contribution >= 0.6 is 15.9 Å². The van der Waals surface area contributed by atoms with Gasteiger partial charge in [-0.3, -0.25) is 0 Å². The third kappa shape index (κ3) is 1.54. The number of H-pyrrole nitrogens is 1. The number of hydrogen-bond acceptors (Lipinski definition) is 0. The van der Waals surface area contributed by atoms with E-state index in [0.29, 0.717) is 5.92 Å². The predicted molar refractivity (Wildman–Crippen MR) is 72.5 cm³/mol. The molecule has 1 aromatic heterocycles. The van der Waals surface area contributed by atoms with Crippen LogP contribution in [0.25, 0.3) is 23.1 Å². The molecule has 1 nitrogen and oxygen atoms in total. The number of aromatic amines is 1. The maximum absolute atomic E-state index is 3.53. The molecule has 1 unspecified atom stereocenters. The van der Waals surface area contributed by atoms with Gasteiger partial charge in [0.05, 0.1) is 0 Å². The van der Waals surface area contributed by atoms with Crippen molar-refractivity contribution < 1.29 is 0 Å². The SMILES string of the molecule is CC1C=CC=c2[nH]c3ccc(Br)cc3c2=C1. The normalized spacial score (nSPS) is 18.8. The monoisotopic (exact) mass is 273 g/mol. The molecule has 1 N–H and O–H groups in total. The van der Waals surface area contributed by atoms with Gasteiger partial charge in [0.1, 0.15) is 0 Å². The van der Waals surface area contributed by atoms with Gasteiger partial charge in [-0.2, -0.15) is 0 Å². The smallest absolute Gasteiger partial charge is 0.0465 e. The molecule has 0 saturated heterocycles. The second-order valence-corrected chi connectivity index (χ2v) is 5.14. The average molecular weight is 274 g/mol. The highest BCUT2D eigenvalue weighted by Gasteiger charge is 2.03. The van der Waals surface area contributed by atoms with Crippen LogP contribution in [0.2, 0.25) is 0 Å². The van der Waals surface area contributed by atoms with Crippen molar-refractivity contribution in [3.05, 3.63) is 45.4 Å². The second kappa shape index (κ2) is 3.63. The molecule has 0 radical (unpaired) electrons. The topological polar surface area (TPSA) is 15.8 Å². The molecule has 1 aromatic carbocycles. The molecular weight excluding hydrogens is 262 g/mol. The molecule has 3 rings (SSSR count). The molecule has 0 saturated carbocycles. The highest BCUT2D eigenvalue weighted by Crippen LogP contribution is 2.15. The molecule has 0 bridgehead atoms. The highest BCUT2D eigenvalue weighted by atomic mass is 79.9. The first kappa shape index (κ1) is 9.91. The second-order valence-electron chi connectivity index (χ2n) is 4.22. The number of halogens is 1. The number of aromatic nitrogens is 1. The fourth-order valence-corrected chi connectivity index (χ4v) is 2.52. The third-order valence-electron chi connectivity index (χ3n) is 2.94. The number of benzene rings is 1. The first-order valence-electron chi connectivity index (χ1n) is 5.42. The van der Waals surface area contributed by atoms with Gasteiger partial charge in [0, 0.05) is 25.9 Å². The quantitative estimate of drug-likeness (QED) is 0.760. The lowest BCUT2D eigenvalue weighted by Crippen LogP contribution is -2.22. The highest BCUT2D eigenvalue weighted by molar-refractivity contribution is 9.10. The van der Waals surface area contributed by atoms with Crippen LogP contribution in [0.1, 0.15) is 6.92 Å². The standard InChI is InChI=1S/C14H12BrN/c1-9-3-2-4-13-11(7-9)12-8-10(15)5-6-14(12)16-13/h2-9,16H,1H3. The Labute approximate surface area is 102 Å². The average Bonchev–Trinajstić information content (AvgIpc) is 2.47. The zero-order valence-corrected chi connectivity index (χ0v) is 10.6. The molecule has 1 aliphatic carbocycles.